The van der Waals surface area contributed by atoms with Crippen LogP contribution < -0.4 is 10.9 Å². The van der Waals surface area contributed by atoms with Gasteiger partial charge >= 0.3 is 5.97 Å². The molecule has 0 fully saturated rings. The summed E-state index contributed by atoms with van der Waals surface area (Å²) in [7, 11) is 0. The van der Waals surface area contributed by atoms with Gasteiger partial charge in [-0.2, -0.15) is 0 Å². The molecule has 0 saturated heterocycles. The maximum atomic E-state index is 13.3. The third-order valence-electron chi connectivity index (χ3n) is 6.84. The number of fused-ring (bicyclic) bond motifs is 5. The number of esters is 1. The minimum Gasteiger partial charge on any atom is -0.458 e. The highest BCUT2D eigenvalue weighted by Gasteiger charge is 2.45. The molecule has 1 atom stereocenters. The van der Waals surface area contributed by atoms with E-state index in [1.165, 1.54) is 12.1 Å². The molecule has 3 aromatic rings. The first-order valence-electron chi connectivity index (χ1n) is 11.7. The molecule has 10 heteroatoms. The van der Waals surface area contributed by atoms with Gasteiger partial charge in [-0.25, -0.2) is 9.78 Å². The van der Waals surface area contributed by atoms with Crippen molar-refractivity contribution < 1.29 is 19.6 Å². The first-order valence-corrected chi connectivity index (χ1v) is 11.7. The number of cyclic esters (lactones) is 1. The fraction of sp³-hybridized carbons (Fsp3) is 0.400. The van der Waals surface area contributed by atoms with Gasteiger partial charge in [0.2, 0.25) is 0 Å². The number of benzene rings is 1. The van der Waals surface area contributed by atoms with Crippen molar-refractivity contribution in [2.24, 2.45) is 5.92 Å². The van der Waals surface area contributed by atoms with Crippen LogP contribution in [0.5, 0.6) is 0 Å². The number of ether oxygens (including phenoxy) is 1. The van der Waals surface area contributed by atoms with Crippen LogP contribution in [0.25, 0.3) is 22.3 Å². The average molecular weight is 479 g/mol. The number of aromatic nitrogens is 2. The Morgan fingerprint density at radius 3 is 2.74 bits per heavy atom. The van der Waals surface area contributed by atoms with Crippen LogP contribution in [0, 0.1) is 16.0 Å². The van der Waals surface area contributed by atoms with Crippen LogP contribution >= 0.6 is 0 Å². The van der Waals surface area contributed by atoms with Gasteiger partial charge in [0.25, 0.3) is 11.2 Å². The maximum absolute atomic E-state index is 13.3. The number of aliphatic hydroxyl groups is 1. The van der Waals surface area contributed by atoms with Crippen molar-refractivity contribution in [3.8, 4) is 11.4 Å². The lowest BCUT2D eigenvalue weighted by Gasteiger charge is -2.31. The van der Waals surface area contributed by atoms with E-state index in [4.69, 9.17) is 9.72 Å². The summed E-state index contributed by atoms with van der Waals surface area (Å²) >= 11 is 0. The molecule has 1 aromatic carbocycles. The fourth-order valence-electron chi connectivity index (χ4n) is 4.82. The van der Waals surface area contributed by atoms with Crippen molar-refractivity contribution in [2.75, 3.05) is 11.9 Å². The van der Waals surface area contributed by atoms with Gasteiger partial charge in [-0.3, -0.25) is 14.9 Å². The zero-order chi connectivity index (χ0) is 25.1. The Morgan fingerprint density at radius 2 is 2.06 bits per heavy atom. The lowest BCUT2D eigenvalue weighted by Crippen LogP contribution is -2.44. The Bertz CT molecular complexity index is 1460. The number of nitro benzene ring substituents is 1. The van der Waals surface area contributed by atoms with Crippen molar-refractivity contribution in [1.82, 2.24) is 9.55 Å². The van der Waals surface area contributed by atoms with Gasteiger partial charge in [0, 0.05) is 35.2 Å². The molecule has 0 unspecified atom stereocenters. The van der Waals surface area contributed by atoms with Gasteiger partial charge in [0.05, 0.1) is 39.6 Å². The number of carbonyl (C=O) groups is 1. The molecule has 2 N–H and O–H groups in total. The number of nitro groups is 1. The van der Waals surface area contributed by atoms with E-state index >= 15 is 0 Å². The van der Waals surface area contributed by atoms with Crippen LogP contribution in [0.15, 0.2) is 29.1 Å². The summed E-state index contributed by atoms with van der Waals surface area (Å²) in [5.41, 5.74) is 1.10. The predicted octanol–water partition coefficient (Wildman–Crippen LogP) is 3.45. The molecule has 2 aromatic heterocycles. The molecule has 182 valence electrons. The predicted molar refractivity (Wildman–Crippen MR) is 129 cm³/mol. The standard InChI is InChI=1S/C25H26N4O6/c1-4-25(32)18-10-20-22-15(11-28(20)23(30)17(18)12-35-24(25)31)7-14-8-16(29(33)34)9-19(21(14)27-22)26-6-5-13(2)3/h7-10,13,26,32H,4-6,11-12H2,1-3H3/t25-/m0/s1. The fourth-order valence-corrected chi connectivity index (χ4v) is 4.82. The zero-order valence-electron chi connectivity index (χ0n) is 19.8. The Morgan fingerprint density at radius 1 is 1.29 bits per heavy atom. The number of rotatable bonds is 6. The molecular weight excluding hydrogens is 452 g/mol. The number of pyridine rings is 2. The maximum Gasteiger partial charge on any atom is 0.343 e. The number of nitrogens with one attached hydrogen (secondary N) is 1. The van der Waals surface area contributed by atoms with E-state index < -0.39 is 16.5 Å². The minimum atomic E-state index is -1.90. The quantitative estimate of drug-likeness (QED) is 0.244. The molecule has 2 aliphatic heterocycles. The summed E-state index contributed by atoms with van der Waals surface area (Å²) < 4.78 is 6.65. The molecule has 0 saturated carbocycles. The first kappa shape index (κ1) is 23.0. The van der Waals surface area contributed by atoms with Crippen molar-refractivity contribution in [3.05, 3.63) is 61.4 Å². The number of hydrogen-bond acceptors (Lipinski definition) is 8. The highest BCUT2D eigenvalue weighted by Crippen LogP contribution is 2.40. The average Bonchev–Trinajstić information content (AvgIpc) is 3.18. The summed E-state index contributed by atoms with van der Waals surface area (Å²) in [5.74, 6) is -0.316. The van der Waals surface area contributed by atoms with E-state index in [0.717, 1.165) is 12.0 Å². The lowest BCUT2D eigenvalue weighted by atomic mass is 9.86. The topological polar surface area (TPSA) is 137 Å². The van der Waals surface area contributed by atoms with Crippen LogP contribution in [0.2, 0.25) is 0 Å². The Balaban J connectivity index is 1.70. The van der Waals surface area contributed by atoms with Crippen molar-refractivity contribution in [3.63, 3.8) is 0 Å². The monoisotopic (exact) mass is 478 g/mol. The SMILES string of the molecule is CC[C@@]1(O)C(=O)OCc2c1cc1n(c2=O)Cc2cc3cc([N+](=O)[O-])cc(NCCC(C)C)c3nc2-1. The summed E-state index contributed by atoms with van der Waals surface area (Å²) in [6.45, 7) is 6.52. The third kappa shape index (κ3) is 3.56. The lowest BCUT2D eigenvalue weighted by molar-refractivity contribution is -0.384. The van der Waals surface area contributed by atoms with Gasteiger partial charge in [0.1, 0.15) is 6.61 Å². The molecule has 0 spiro atoms. The molecule has 0 amide bonds. The van der Waals surface area contributed by atoms with Crippen molar-refractivity contribution in [1.29, 1.82) is 0 Å². The van der Waals surface area contributed by atoms with E-state index in [0.29, 0.717) is 40.4 Å². The summed E-state index contributed by atoms with van der Waals surface area (Å²) in [4.78, 5) is 41.6. The van der Waals surface area contributed by atoms with Crippen molar-refractivity contribution in [2.45, 2.75) is 52.4 Å². The van der Waals surface area contributed by atoms with Gasteiger partial charge in [0.15, 0.2) is 5.60 Å². The second-order valence-corrected chi connectivity index (χ2v) is 9.53. The van der Waals surface area contributed by atoms with E-state index in [9.17, 15) is 24.8 Å². The zero-order valence-corrected chi connectivity index (χ0v) is 19.8. The molecular formula is C25H26N4O6. The van der Waals surface area contributed by atoms with Gasteiger partial charge in [-0.15, -0.1) is 0 Å². The Kier molecular flexibility index (Phi) is 5.36. The van der Waals surface area contributed by atoms with Gasteiger partial charge in [-0.05, 0) is 30.9 Å². The highest BCUT2D eigenvalue weighted by molar-refractivity contribution is 5.95. The van der Waals surface area contributed by atoms with Crippen LogP contribution in [-0.4, -0.2) is 32.1 Å². The van der Waals surface area contributed by atoms with Gasteiger partial charge in [-0.1, -0.05) is 20.8 Å². The summed E-state index contributed by atoms with van der Waals surface area (Å²) in [6, 6.07) is 6.43. The molecule has 35 heavy (non-hydrogen) atoms. The van der Waals surface area contributed by atoms with E-state index in [2.05, 4.69) is 19.2 Å². The molecule has 0 radical (unpaired) electrons. The highest BCUT2D eigenvalue weighted by atomic mass is 16.6. The summed E-state index contributed by atoms with van der Waals surface area (Å²) in [6.07, 6.45) is 0.943. The molecule has 2 aliphatic rings. The summed E-state index contributed by atoms with van der Waals surface area (Å²) in [5, 5.41) is 26.5. The molecule has 10 nitrogen and oxygen atoms in total. The number of carbonyl (C=O) groups excluding carboxylic acids is 1. The van der Waals surface area contributed by atoms with E-state index in [1.807, 2.05) is 6.07 Å². The third-order valence-corrected chi connectivity index (χ3v) is 6.84. The number of nitrogens with zero attached hydrogens (tertiary/aromatic N) is 3. The van der Waals surface area contributed by atoms with E-state index in [1.54, 1.807) is 17.6 Å². The molecule has 4 heterocycles. The van der Waals surface area contributed by atoms with Crippen LogP contribution in [-0.2, 0) is 28.3 Å². The van der Waals surface area contributed by atoms with Gasteiger partial charge < -0.3 is 19.7 Å². The Hall–Kier alpha value is -3.79. The minimum absolute atomic E-state index is 0.0434. The molecule has 5 rings (SSSR count). The number of hydrogen-bond donors (Lipinski definition) is 2. The molecule has 0 aliphatic carbocycles. The van der Waals surface area contributed by atoms with Crippen LogP contribution in [0.3, 0.4) is 0 Å². The van der Waals surface area contributed by atoms with Crippen LogP contribution in [0.1, 0.15) is 50.3 Å². The largest absolute Gasteiger partial charge is 0.458 e. The first-order chi connectivity index (χ1) is 16.6. The smallest absolute Gasteiger partial charge is 0.343 e. The number of non-ortho nitro benzene ring substituents is 1. The normalized spacial score (nSPS) is 18.3. The van der Waals surface area contributed by atoms with E-state index in [-0.39, 0.29) is 41.9 Å². The number of anilines is 1. The second kappa shape index (κ2) is 8.16. The van der Waals surface area contributed by atoms with Crippen molar-refractivity contribution >= 4 is 28.2 Å². The molecule has 0 bridgehead atoms. The Labute approximate surface area is 200 Å². The second-order valence-electron chi connectivity index (χ2n) is 9.53. The van der Waals surface area contributed by atoms with Crippen LogP contribution in [0.4, 0.5) is 11.4 Å².